The van der Waals surface area contributed by atoms with Crippen LogP contribution in [0.4, 0.5) is 5.69 Å². The van der Waals surface area contributed by atoms with Crippen molar-refractivity contribution < 1.29 is 4.79 Å². The number of H-pyrrole nitrogens is 1. The smallest absolute Gasteiger partial charge is 0.276 e. The molecule has 1 aromatic heterocycles. The first-order valence-corrected chi connectivity index (χ1v) is 5.10. The second-order valence-corrected chi connectivity index (χ2v) is 3.69. The zero-order valence-corrected chi connectivity index (χ0v) is 9.40. The van der Waals surface area contributed by atoms with E-state index in [2.05, 4.69) is 10.2 Å². The Morgan fingerprint density at radius 3 is 2.75 bits per heavy atom. The van der Waals surface area contributed by atoms with Gasteiger partial charge in [0.05, 0.1) is 10.7 Å². The molecule has 1 amide bonds. The molecule has 0 atom stereocenters. The number of benzene rings is 1. The normalized spacial score (nSPS) is 10.1. The summed E-state index contributed by atoms with van der Waals surface area (Å²) in [7, 11) is 1.67. The summed E-state index contributed by atoms with van der Waals surface area (Å²) < 4.78 is 0. The highest BCUT2D eigenvalue weighted by molar-refractivity contribution is 6.34. The van der Waals surface area contributed by atoms with Crippen LogP contribution in [0.2, 0.25) is 5.02 Å². The Morgan fingerprint density at radius 2 is 2.12 bits per heavy atom. The van der Waals surface area contributed by atoms with Gasteiger partial charge in [-0.3, -0.25) is 9.89 Å². The van der Waals surface area contributed by atoms with Crippen molar-refractivity contribution in [3.63, 3.8) is 0 Å². The number of hydrogen-bond acceptors (Lipinski definition) is 2. The van der Waals surface area contributed by atoms with Crippen molar-refractivity contribution in [3.05, 3.63) is 47.2 Å². The van der Waals surface area contributed by atoms with Gasteiger partial charge in [0.25, 0.3) is 5.91 Å². The number of para-hydroxylation sites is 1. The molecule has 4 nitrogen and oxygen atoms in total. The van der Waals surface area contributed by atoms with Crippen LogP contribution in [0.3, 0.4) is 0 Å². The molecule has 0 fully saturated rings. The highest BCUT2D eigenvalue weighted by atomic mass is 35.5. The van der Waals surface area contributed by atoms with Crippen LogP contribution < -0.4 is 4.90 Å². The van der Waals surface area contributed by atoms with Gasteiger partial charge in [0.15, 0.2) is 0 Å². The quantitative estimate of drug-likeness (QED) is 0.869. The predicted octanol–water partition coefficient (Wildman–Crippen LogP) is 2.34. The van der Waals surface area contributed by atoms with Gasteiger partial charge in [-0.15, -0.1) is 0 Å². The highest BCUT2D eigenvalue weighted by Crippen LogP contribution is 2.24. The van der Waals surface area contributed by atoms with E-state index in [0.717, 1.165) is 0 Å². The summed E-state index contributed by atoms with van der Waals surface area (Å²) in [6.07, 6.45) is 1.54. The summed E-state index contributed by atoms with van der Waals surface area (Å²) in [4.78, 5) is 13.4. The first-order chi connectivity index (χ1) is 7.70. The molecule has 1 aromatic carbocycles. The highest BCUT2D eigenvalue weighted by Gasteiger charge is 2.16. The minimum Gasteiger partial charge on any atom is -0.309 e. The molecule has 0 saturated heterocycles. The molecule has 0 aliphatic rings. The maximum atomic E-state index is 12.0. The minimum atomic E-state index is -0.175. The number of aromatic amines is 1. The van der Waals surface area contributed by atoms with E-state index in [1.807, 2.05) is 12.1 Å². The monoisotopic (exact) mass is 235 g/mol. The first kappa shape index (κ1) is 10.7. The van der Waals surface area contributed by atoms with Crippen molar-refractivity contribution in [2.45, 2.75) is 0 Å². The van der Waals surface area contributed by atoms with Crippen LogP contribution in [0.25, 0.3) is 0 Å². The van der Waals surface area contributed by atoms with Crippen LogP contribution in [0.5, 0.6) is 0 Å². The Bertz CT molecular complexity index is 496. The van der Waals surface area contributed by atoms with Crippen LogP contribution in [0.15, 0.2) is 36.5 Å². The number of nitrogens with zero attached hydrogens (tertiary/aromatic N) is 2. The fraction of sp³-hybridized carbons (Fsp3) is 0.0909. The molecule has 82 valence electrons. The van der Waals surface area contributed by atoms with Crippen LogP contribution in [0, 0.1) is 0 Å². The number of hydrogen-bond donors (Lipinski definition) is 1. The van der Waals surface area contributed by atoms with Gasteiger partial charge in [-0.1, -0.05) is 23.7 Å². The summed E-state index contributed by atoms with van der Waals surface area (Å²) >= 11 is 6.00. The van der Waals surface area contributed by atoms with Crippen LogP contribution in [-0.4, -0.2) is 23.2 Å². The molecule has 0 spiro atoms. The lowest BCUT2D eigenvalue weighted by Crippen LogP contribution is -2.26. The topological polar surface area (TPSA) is 49.0 Å². The van der Waals surface area contributed by atoms with E-state index < -0.39 is 0 Å². The Balaban J connectivity index is 2.30. The molecule has 0 aliphatic carbocycles. The van der Waals surface area contributed by atoms with Crippen LogP contribution >= 0.6 is 11.6 Å². The molecule has 0 radical (unpaired) electrons. The van der Waals surface area contributed by atoms with E-state index in [0.29, 0.717) is 16.4 Å². The summed E-state index contributed by atoms with van der Waals surface area (Å²) in [5.74, 6) is -0.175. The van der Waals surface area contributed by atoms with Crippen molar-refractivity contribution >= 4 is 23.2 Å². The standard InChI is InChI=1S/C11H10ClN3O/c1-15(10-5-3-2-4-8(10)12)11(16)9-6-7-13-14-9/h2-7H,1H3,(H,13,14). The lowest BCUT2D eigenvalue weighted by atomic mass is 10.2. The number of amides is 1. The Morgan fingerprint density at radius 1 is 1.38 bits per heavy atom. The molecule has 0 aliphatic heterocycles. The molecule has 0 bridgehead atoms. The van der Waals surface area contributed by atoms with E-state index in [-0.39, 0.29) is 5.91 Å². The largest absolute Gasteiger partial charge is 0.309 e. The van der Waals surface area contributed by atoms with Crippen molar-refractivity contribution in [3.8, 4) is 0 Å². The van der Waals surface area contributed by atoms with Crippen molar-refractivity contribution in [1.82, 2.24) is 10.2 Å². The van der Waals surface area contributed by atoms with Gasteiger partial charge in [0, 0.05) is 13.2 Å². The fourth-order valence-electron chi connectivity index (χ4n) is 1.39. The number of aromatic nitrogens is 2. The Labute approximate surface area is 97.8 Å². The van der Waals surface area contributed by atoms with Crippen LogP contribution in [0.1, 0.15) is 10.5 Å². The summed E-state index contributed by atoms with van der Waals surface area (Å²) in [6.45, 7) is 0. The Kier molecular flexibility index (Phi) is 2.92. The molecule has 16 heavy (non-hydrogen) atoms. The van der Waals surface area contributed by atoms with Gasteiger partial charge < -0.3 is 4.90 Å². The van der Waals surface area contributed by atoms with E-state index in [9.17, 15) is 4.79 Å². The number of rotatable bonds is 2. The second kappa shape index (κ2) is 4.37. The average molecular weight is 236 g/mol. The van der Waals surface area contributed by atoms with Gasteiger partial charge in [-0.05, 0) is 18.2 Å². The number of halogens is 1. The van der Waals surface area contributed by atoms with Gasteiger partial charge in [0.2, 0.25) is 0 Å². The minimum absolute atomic E-state index is 0.175. The van der Waals surface area contributed by atoms with E-state index >= 15 is 0 Å². The molecule has 2 aromatic rings. The number of nitrogens with one attached hydrogen (secondary N) is 1. The number of carbonyl (C=O) groups excluding carboxylic acids is 1. The van der Waals surface area contributed by atoms with Gasteiger partial charge >= 0.3 is 0 Å². The third kappa shape index (κ3) is 1.92. The number of anilines is 1. The molecule has 1 heterocycles. The third-order valence-corrected chi connectivity index (χ3v) is 2.57. The van der Waals surface area contributed by atoms with Crippen molar-refractivity contribution in [1.29, 1.82) is 0 Å². The van der Waals surface area contributed by atoms with E-state index in [1.54, 1.807) is 25.2 Å². The summed E-state index contributed by atoms with van der Waals surface area (Å²) in [6, 6.07) is 8.80. The maximum Gasteiger partial charge on any atom is 0.276 e. The SMILES string of the molecule is CN(C(=O)c1ccn[nH]1)c1ccccc1Cl. The number of carbonyl (C=O) groups is 1. The van der Waals surface area contributed by atoms with Gasteiger partial charge in [-0.25, -0.2) is 0 Å². The van der Waals surface area contributed by atoms with Gasteiger partial charge in [0.1, 0.15) is 5.69 Å². The van der Waals surface area contributed by atoms with Crippen molar-refractivity contribution in [2.24, 2.45) is 0 Å². The molecule has 0 saturated carbocycles. The molecule has 5 heteroatoms. The van der Waals surface area contributed by atoms with E-state index in [4.69, 9.17) is 11.6 Å². The average Bonchev–Trinajstić information content (AvgIpc) is 2.81. The lowest BCUT2D eigenvalue weighted by molar-refractivity contribution is 0.0988. The molecular formula is C11H10ClN3O. The third-order valence-electron chi connectivity index (χ3n) is 2.25. The first-order valence-electron chi connectivity index (χ1n) is 4.72. The summed E-state index contributed by atoms with van der Waals surface area (Å²) in [5, 5.41) is 6.90. The summed E-state index contributed by atoms with van der Waals surface area (Å²) in [5.41, 5.74) is 1.10. The fourth-order valence-corrected chi connectivity index (χ4v) is 1.65. The zero-order chi connectivity index (χ0) is 11.5. The van der Waals surface area contributed by atoms with Gasteiger partial charge in [-0.2, -0.15) is 5.10 Å². The second-order valence-electron chi connectivity index (χ2n) is 3.29. The molecule has 0 unspecified atom stereocenters. The molecular weight excluding hydrogens is 226 g/mol. The van der Waals surface area contributed by atoms with Crippen LogP contribution in [-0.2, 0) is 0 Å². The molecule has 2 rings (SSSR count). The van der Waals surface area contributed by atoms with Crippen molar-refractivity contribution in [2.75, 3.05) is 11.9 Å². The Hall–Kier alpha value is -1.81. The van der Waals surface area contributed by atoms with E-state index in [1.165, 1.54) is 11.1 Å². The molecule has 1 N–H and O–H groups in total. The predicted molar refractivity (Wildman–Crippen MR) is 62.8 cm³/mol. The zero-order valence-electron chi connectivity index (χ0n) is 8.64. The maximum absolute atomic E-state index is 12.0. The lowest BCUT2D eigenvalue weighted by Gasteiger charge is -2.17.